The number of hydrogen-bond acceptors (Lipinski definition) is 4. The largest absolute Gasteiger partial charge is 0.489 e. The minimum atomic E-state index is -1.09. The Morgan fingerprint density at radius 2 is 2.04 bits per heavy atom. The van der Waals surface area contributed by atoms with Crippen molar-refractivity contribution in [3.8, 4) is 5.75 Å². The van der Waals surface area contributed by atoms with Crippen molar-refractivity contribution >= 4 is 29.2 Å². The lowest BCUT2D eigenvalue weighted by molar-refractivity contribution is 0.0681. The zero-order valence-corrected chi connectivity index (χ0v) is 14.7. The molecule has 0 saturated carbocycles. The van der Waals surface area contributed by atoms with Gasteiger partial charge >= 0.3 is 5.97 Å². The molecule has 1 saturated heterocycles. The van der Waals surface area contributed by atoms with Crippen molar-refractivity contribution in [2.45, 2.75) is 18.9 Å². The fraction of sp³-hybridized carbons (Fsp3) is 0.263. The summed E-state index contributed by atoms with van der Waals surface area (Å²) in [4.78, 5) is 23.5. The normalized spacial score (nSPS) is 16.3. The Hall–Kier alpha value is -2.57. The van der Waals surface area contributed by atoms with Gasteiger partial charge in [-0.05, 0) is 49.2 Å². The molecule has 1 atom stereocenters. The van der Waals surface area contributed by atoms with Gasteiger partial charge in [-0.1, -0.05) is 17.7 Å². The van der Waals surface area contributed by atoms with E-state index < -0.39 is 11.9 Å². The second kappa shape index (κ2) is 8.21. The third-order valence-electron chi connectivity index (χ3n) is 4.01. The Morgan fingerprint density at radius 1 is 1.23 bits per heavy atom. The average Bonchev–Trinajstić information content (AvgIpc) is 3.14. The van der Waals surface area contributed by atoms with E-state index in [1.807, 2.05) is 0 Å². The van der Waals surface area contributed by atoms with Crippen LogP contribution in [0.5, 0.6) is 5.75 Å². The first-order valence-electron chi connectivity index (χ1n) is 8.21. The van der Waals surface area contributed by atoms with Crippen molar-refractivity contribution in [3.05, 3.63) is 58.6 Å². The Morgan fingerprint density at radius 3 is 2.77 bits per heavy atom. The van der Waals surface area contributed by atoms with Crippen LogP contribution < -0.4 is 10.1 Å². The molecule has 1 fully saturated rings. The number of carboxylic acid groups (broad SMARTS) is 1. The molecule has 0 radical (unpaired) electrons. The highest BCUT2D eigenvalue weighted by Crippen LogP contribution is 2.29. The number of rotatable bonds is 6. The SMILES string of the molecule is O=C(O)c1cccc(C(=O)Nc2cc(Cl)ccc2OCC2CCCO2)c1. The molecule has 0 aromatic heterocycles. The molecule has 26 heavy (non-hydrogen) atoms. The third kappa shape index (κ3) is 4.53. The molecule has 1 unspecified atom stereocenters. The summed E-state index contributed by atoms with van der Waals surface area (Å²) in [6, 6.07) is 10.7. The summed E-state index contributed by atoms with van der Waals surface area (Å²) in [5.74, 6) is -1.06. The van der Waals surface area contributed by atoms with Gasteiger partial charge in [0.1, 0.15) is 12.4 Å². The molecule has 2 aromatic rings. The highest BCUT2D eigenvalue weighted by Gasteiger charge is 2.18. The Labute approximate surface area is 155 Å². The van der Waals surface area contributed by atoms with E-state index in [2.05, 4.69) is 5.32 Å². The van der Waals surface area contributed by atoms with Gasteiger partial charge in [0.15, 0.2) is 0 Å². The fourth-order valence-electron chi connectivity index (χ4n) is 2.67. The van der Waals surface area contributed by atoms with E-state index in [0.29, 0.717) is 23.1 Å². The number of halogens is 1. The van der Waals surface area contributed by atoms with E-state index in [4.69, 9.17) is 26.2 Å². The highest BCUT2D eigenvalue weighted by atomic mass is 35.5. The summed E-state index contributed by atoms with van der Waals surface area (Å²) in [5, 5.41) is 12.2. The van der Waals surface area contributed by atoms with Crippen LogP contribution in [-0.4, -0.2) is 36.3 Å². The van der Waals surface area contributed by atoms with E-state index in [9.17, 15) is 9.59 Å². The van der Waals surface area contributed by atoms with Crippen molar-refractivity contribution < 1.29 is 24.2 Å². The predicted octanol–water partition coefficient (Wildman–Crippen LogP) is 3.85. The number of carboxylic acids is 1. The van der Waals surface area contributed by atoms with Crippen molar-refractivity contribution in [1.29, 1.82) is 0 Å². The van der Waals surface area contributed by atoms with Gasteiger partial charge < -0.3 is 19.9 Å². The molecule has 0 aliphatic carbocycles. The maximum atomic E-state index is 12.5. The van der Waals surface area contributed by atoms with E-state index >= 15 is 0 Å². The van der Waals surface area contributed by atoms with Gasteiger partial charge in [0.25, 0.3) is 5.91 Å². The van der Waals surface area contributed by atoms with Crippen molar-refractivity contribution in [3.63, 3.8) is 0 Å². The minimum absolute atomic E-state index is 0.0404. The highest BCUT2D eigenvalue weighted by molar-refractivity contribution is 6.31. The maximum absolute atomic E-state index is 12.5. The summed E-state index contributed by atoms with van der Waals surface area (Å²) >= 11 is 6.03. The van der Waals surface area contributed by atoms with Crippen LogP contribution in [0.3, 0.4) is 0 Å². The van der Waals surface area contributed by atoms with E-state index in [1.165, 1.54) is 18.2 Å². The quantitative estimate of drug-likeness (QED) is 0.801. The average molecular weight is 376 g/mol. The Bertz CT molecular complexity index is 817. The molecular formula is C19H18ClNO5. The molecule has 0 bridgehead atoms. The zero-order valence-electron chi connectivity index (χ0n) is 13.9. The summed E-state index contributed by atoms with van der Waals surface area (Å²) in [7, 11) is 0. The lowest BCUT2D eigenvalue weighted by atomic mass is 10.1. The van der Waals surface area contributed by atoms with Crippen LogP contribution in [0, 0.1) is 0 Å². The number of carbonyl (C=O) groups is 2. The number of aromatic carboxylic acids is 1. The summed E-state index contributed by atoms with van der Waals surface area (Å²) < 4.78 is 11.3. The molecule has 6 nitrogen and oxygen atoms in total. The summed E-state index contributed by atoms with van der Waals surface area (Å²) in [6.07, 6.45) is 2.00. The smallest absolute Gasteiger partial charge is 0.335 e. The second-order valence-corrected chi connectivity index (χ2v) is 6.36. The first kappa shape index (κ1) is 18.2. The molecule has 2 N–H and O–H groups in total. The standard InChI is InChI=1S/C19H18ClNO5/c20-14-6-7-17(26-11-15-5-2-8-25-15)16(10-14)21-18(22)12-3-1-4-13(9-12)19(23)24/h1,3-4,6-7,9-10,15H,2,5,8,11H2,(H,21,22)(H,23,24). The predicted molar refractivity (Wildman–Crippen MR) is 97.3 cm³/mol. The van der Waals surface area contributed by atoms with E-state index in [0.717, 1.165) is 19.4 Å². The van der Waals surface area contributed by atoms with E-state index in [1.54, 1.807) is 24.3 Å². The van der Waals surface area contributed by atoms with Crippen molar-refractivity contribution in [2.24, 2.45) is 0 Å². The molecule has 1 aliphatic heterocycles. The molecule has 1 amide bonds. The van der Waals surface area contributed by atoms with Crippen LogP contribution in [0.4, 0.5) is 5.69 Å². The van der Waals surface area contributed by atoms with Gasteiger partial charge in [-0.25, -0.2) is 4.79 Å². The molecule has 3 rings (SSSR count). The van der Waals surface area contributed by atoms with Crippen LogP contribution in [0.25, 0.3) is 0 Å². The minimum Gasteiger partial charge on any atom is -0.489 e. The van der Waals surface area contributed by atoms with Crippen molar-refractivity contribution in [2.75, 3.05) is 18.5 Å². The van der Waals surface area contributed by atoms with Gasteiger partial charge in [0.2, 0.25) is 0 Å². The van der Waals surface area contributed by atoms with Crippen LogP contribution in [0.1, 0.15) is 33.6 Å². The topological polar surface area (TPSA) is 84.9 Å². The molecular weight excluding hydrogens is 358 g/mol. The molecule has 0 spiro atoms. The number of hydrogen-bond donors (Lipinski definition) is 2. The zero-order chi connectivity index (χ0) is 18.5. The Balaban J connectivity index is 1.75. The molecule has 136 valence electrons. The summed E-state index contributed by atoms with van der Waals surface area (Å²) in [5.41, 5.74) is 0.690. The van der Waals surface area contributed by atoms with Crippen LogP contribution in [-0.2, 0) is 4.74 Å². The number of benzene rings is 2. The lowest BCUT2D eigenvalue weighted by Crippen LogP contribution is -2.18. The number of anilines is 1. The van der Waals surface area contributed by atoms with Crippen molar-refractivity contribution in [1.82, 2.24) is 0 Å². The number of ether oxygens (including phenoxy) is 2. The maximum Gasteiger partial charge on any atom is 0.335 e. The fourth-order valence-corrected chi connectivity index (χ4v) is 2.84. The van der Waals surface area contributed by atoms with Gasteiger partial charge in [-0.3, -0.25) is 4.79 Å². The Kier molecular flexibility index (Phi) is 5.75. The van der Waals surface area contributed by atoms with Crippen LogP contribution >= 0.6 is 11.6 Å². The third-order valence-corrected chi connectivity index (χ3v) is 4.25. The van der Waals surface area contributed by atoms with Gasteiger partial charge in [0.05, 0.1) is 17.4 Å². The lowest BCUT2D eigenvalue weighted by Gasteiger charge is -2.15. The second-order valence-electron chi connectivity index (χ2n) is 5.93. The molecule has 7 heteroatoms. The van der Waals surface area contributed by atoms with Gasteiger partial charge in [-0.15, -0.1) is 0 Å². The first-order chi connectivity index (χ1) is 12.5. The first-order valence-corrected chi connectivity index (χ1v) is 8.59. The number of nitrogens with one attached hydrogen (secondary N) is 1. The van der Waals surface area contributed by atoms with Crippen LogP contribution in [0.15, 0.2) is 42.5 Å². The molecule has 1 heterocycles. The van der Waals surface area contributed by atoms with E-state index in [-0.39, 0.29) is 17.2 Å². The number of carbonyl (C=O) groups excluding carboxylic acids is 1. The molecule has 2 aromatic carbocycles. The number of amides is 1. The summed E-state index contributed by atoms with van der Waals surface area (Å²) in [6.45, 7) is 1.12. The monoisotopic (exact) mass is 375 g/mol. The van der Waals surface area contributed by atoms with Crippen LogP contribution in [0.2, 0.25) is 5.02 Å². The van der Waals surface area contributed by atoms with Gasteiger partial charge in [-0.2, -0.15) is 0 Å². The molecule has 1 aliphatic rings. The van der Waals surface area contributed by atoms with Gasteiger partial charge in [0, 0.05) is 17.2 Å².